The van der Waals surface area contributed by atoms with Crippen LogP contribution in [0.25, 0.3) is 0 Å². The monoisotopic (exact) mass is 241 g/mol. The average Bonchev–Trinajstić information content (AvgIpc) is 2.40. The Bertz CT molecular complexity index is 579. The van der Waals surface area contributed by atoms with Gasteiger partial charge >= 0.3 is 0 Å². The van der Waals surface area contributed by atoms with Gasteiger partial charge in [0, 0.05) is 23.8 Å². The number of hydrogen-bond acceptors (Lipinski definition) is 3. The summed E-state index contributed by atoms with van der Waals surface area (Å²) in [6.45, 7) is 3.83. The molecule has 0 saturated heterocycles. The molecule has 0 atom stereocenters. The summed E-state index contributed by atoms with van der Waals surface area (Å²) < 4.78 is 0. The topological polar surface area (TPSA) is 68.0 Å². The normalized spacial score (nSPS) is 10.1. The van der Waals surface area contributed by atoms with E-state index in [9.17, 15) is 4.79 Å². The molecule has 0 unspecified atom stereocenters. The molecule has 2 rings (SSSR count). The van der Waals surface area contributed by atoms with Gasteiger partial charge in [0.05, 0.1) is 5.56 Å². The van der Waals surface area contributed by atoms with Crippen LogP contribution in [0.5, 0.6) is 0 Å². The molecule has 3 N–H and O–H groups in total. The van der Waals surface area contributed by atoms with Gasteiger partial charge < -0.3 is 11.1 Å². The van der Waals surface area contributed by atoms with Crippen molar-refractivity contribution in [3.8, 4) is 0 Å². The Balaban J connectivity index is 2.30. The lowest BCUT2D eigenvalue weighted by Gasteiger charge is -2.13. The fourth-order valence-corrected chi connectivity index (χ4v) is 1.74. The van der Waals surface area contributed by atoms with Crippen LogP contribution in [-0.2, 0) is 0 Å². The lowest BCUT2D eigenvalue weighted by Crippen LogP contribution is -2.14. The number of aryl methyl sites for hydroxylation is 1. The fraction of sp³-hybridized carbons (Fsp3) is 0.143. The van der Waals surface area contributed by atoms with Gasteiger partial charge in [0.25, 0.3) is 5.91 Å². The van der Waals surface area contributed by atoms with Gasteiger partial charge in [-0.3, -0.25) is 9.78 Å². The summed E-state index contributed by atoms with van der Waals surface area (Å²) in [5.41, 5.74) is 9.67. The number of aromatic nitrogens is 1. The molecule has 0 saturated carbocycles. The number of carbonyl (C=O) groups excluding carboxylic acids is 1. The summed E-state index contributed by atoms with van der Waals surface area (Å²) in [5.74, 6) is -0.181. The molecule has 0 aliphatic rings. The average molecular weight is 241 g/mol. The van der Waals surface area contributed by atoms with E-state index >= 15 is 0 Å². The summed E-state index contributed by atoms with van der Waals surface area (Å²) in [6, 6.07) is 7.18. The summed E-state index contributed by atoms with van der Waals surface area (Å²) in [6.07, 6.45) is 3.17. The van der Waals surface area contributed by atoms with Gasteiger partial charge in [-0.2, -0.15) is 0 Å². The first-order valence-corrected chi connectivity index (χ1v) is 5.66. The van der Waals surface area contributed by atoms with E-state index in [0.717, 1.165) is 16.8 Å². The molecule has 2 aromatic rings. The first kappa shape index (κ1) is 12.1. The Morgan fingerprint density at radius 2 is 2.06 bits per heavy atom. The molecule has 0 radical (unpaired) electrons. The summed E-state index contributed by atoms with van der Waals surface area (Å²) in [5, 5.41) is 2.88. The third kappa shape index (κ3) is 2.32. The number of amides is 1. The minimum atomic E-state index is -0.181. The highest BCUT2D eigenvalue weighted by molar-refractivity contribution is 6.05. The molecule has 0 spiro atoms. The Hall–Kier alpha value is -2.36. The highest BCUT2D eigenvalue weighted by atomic mass is 16.1. The predicted octanol–water partition coefficient (Wildman–Crippen LogP) is 2.53. The van der Waals surface area contributed by atoms with Gasteiger partial charge in [-0.05, 0) is 43.2 Å². The van der Waals surface area contributed by atoms with Crippen LogP contribution in [0.4, 0.5) is 11.4 Å². The maximum absolute atomic E-state index is 12.0. The number of nitrogens with zero attached hydrogens (tertiary/aromatic N) is 1. The molecule has 92 valence electrons. The molecule has 18 heavy (non-hydrogen) atoms. The van der Waals surface area contributed by atoms with Crippen molar-refractivity contribution in [3.05, 3.63) is 53.3 Å². The minimum absolute atomic E-state index is 0.181. The smallest absolute Gasteiger partial charge is 0.257 e. The molecule has 1 amide bonds. The number of nitrogens with one attached hydrogen (secondary N) is 1. The quantitative estimate of drug-likeness (QED) is 0.794. The summed E-state index contributed by atoms with van der Waals surface area (Å²) in [4.78, 5) is 16.0. The van der Waals surface area contributed by atoms with Gasteiger partial charge in [-0.1, -0.05) is 6.07 Å². The van der Waals surface area contributed by atoms with Crippen LogP contribution in [0, 0.1) is 13.8 Å². The number of pyridine rings is 1. The van der Waals surface area contributed by atoms with E-state index in [1.165, 1.54) is 6.20 Å². The molecule has 1 aromatic heterocycles. The highest BCUT2D eigenvalue weighted by Gasteiger charge is 2.11. The zero-order chi connectivity index (χ0) is 13.1. The lowest BCUT2D eigenvalue weighted by atomic mass is 10.1. The number of nitrogens with two attached hydrogens (primary N) is 1. The molecule has 0 aliphatic heterocycles. The van der Waals surface area contributed by atoms with Gasteiger partial charge in [0.15, 0.2) is 0 Å². The molecule has 1 aromatic carbocycles. The largest absolute Gasteiger partial charge is 0.398 e. The lowest BCUT2D eigenvalue weighted by molar-refractivity contribution is 0.102. The van der Waals surface area contributed by atoms with E-state index in [4.69, 9.17) is 5.73 Å². The van der Waals surface area contributed by atoms with Crippen molar-refractivity contribution >= 4 is 17.3 Å². The number of anilines is 2. The van der Waals surface area contributed by atoms with Crippen LogP contribution < -0.4 is 11.1 Å². The molecule has 0 bridgehead atoms. The Morgan fingerprint density at radius 1 is 1.28 bits per heavy atom. The second-order valence-corrected chi connectivity index (χ2v) is 4.17. The van der Waals surface area contributed by atoms with Crippen molar-refractivity contribution in [2.75, 3.05) is 11.1 Å². The Morgan fingerprint density at radius 3 is 2.72 bits per heavy atom. The molecule has 1 heterocycles. The first-order valence-electron chi connectivity index (χ1n) is 5.66. The van der Waals surface area contributed by atoms with E-state index in [1.54, 1.807) is 18.3 Å². The van der Waals surface area contributed by atoms with Crippen LogP contribution in [0.15, 0.2) is 36.7 Å². The van der Waals surface area contributed by atoms with Gasteiger partial charge in [0.1, 0.15) is 0 Å². The second kappa shape index (κ2) is 4.87. The zero-order valence-corrected chi connectivity index (χ0v) is 10.4. The van der Waals surface area contributed by atoms with Crippen molar-refractivity contribution in [3.63, 3.8) is 0 Å². The van der Waals surface area contributed by atoms with E-state index in [2.05, 4.69) is 10.3 Å². The Labute approximate surface area is 106 Å². The van der Waals surface area contributed by atoms with E-state index in [-0.39, 0.29) is 5.91 Å². The van der Waals surface area contributed by atoms with Gasteiger partial charge in [-0.25, -0.2) is 0 Å². The van der Waals surface area contributed by atoms with E-state index < -0.39 is 0 Å². The highest BCUT2D eigenvalue weighted by Crippen LogP contribution is 2.25. The van der Waals surface area contributed by atoms with Crippen molar-refractivity contribution < 1.29 is 4.79 Å². The molecule has 4 nitrogen and oxygen atoms in total. The molecule has 4 heteroatoms. The van der Waals surface area contributed by atoms with Crippen molar-refractivity contribution in [2.45, 2.75) is 13.8 Å². The van der Waals surface area contributed by atoms with E-state index in [0.29, 0.717) is 11.3 Å². The Kier molecular flexibility index (Phi) is 3.28. The van der Waals surface area contributed by atoms with Gasteiger partial charge in [-0.15, -0.1) is 0 Å². The zero-order valence-electron chi connectivity index (χ0n) is 10.4. The maximum atomic E-state index is 12.0. The van der Waals surface area contributed by atoms with Crippen molar-refractivity contribution in [1.82, 2.24) is 4.98 Å². The second-order valence-electron chi connectivity index (χ2n) is 4.17. The maximum Gasteiger partial charge on any atom is 0.257 e. The van der Waals surface area contributed by atoms with Crippen LogP contribution in [0.2, 0.25) is 0 Å². The molecule has 0 aliphatic carbocycles. The number of nitrogen functional groups attached to an aromatic ring is 1. The minimum Gasteiger partial charge on any atom is -0.398 e. The number of hydrogen-bond donors (Lipinski definition) is 2. The molecular formula is C14H15N3O. The predicted molar refractivity (Wildman–Crippen MR) is 72.5 cm³/mol. The number of benzene rings is 1. The van der Waals surface area contributed by atoms with Crippen LogP contribution in [0.3, 0.4) is 0 Å². The fourth-order valence-electron chi connectivity index (χ4n) is 1.74. The first-order chi connectivity index (χ1) is 8.59. The standard InChI is InChI=1S/C14H15N3O/c1-9-5-6-12(15)10(2)13(9)17-14(18)11-4-3-7-16-8-11/h3-8H,15H2,1-2H3,(H,17,18). The van der Waals surface area contributed by atoms with Crippen LogP contribution >= 0.6 is 0 Å². The number of carbonyl (C=O) groups is 1. The van der Waals surface area contributed by atoms with Crippen LogP contribution in [0.1, 0.15) is 21.5 Å². The molecule has 0 fully saturated rings. The summed E-state index contributed by atoms with van der Waals surface area (Å²) >= 11 is 0. The SMILES string of the molecule is Cc1ccc(N)c(C)c1NC(=O)c1cccnc1. The third-order valence-corrected chi connectivity index (χ3v) is 2.88. The van der Waals surface area contributed by atoms with Gasteiger partial charge in [0.2, 0.25) is 0 Å². The summed E-state index contributed by atoms with van der Waals surface area (Å²) in [7, 11) is 0. The van der Waals surface area contributed by atoms with Crippen LogP contribution in [-0.4, -0.2) is 10.9 Å². The third-order valence-electron chi connectivity index (χ3n) is 2.88. The molecular weight excluding hydrogens is 226 g/mol. The van der Waals surface area contributed by atoms with E-state index in [1.807, 2.05) is 26.0 Å². The van der Waals surface area contributed by atoms with Crippen molar-refractivity contribution in [2.24, 2.45) is 0 Å². The number of rotatable bonds is 2. The van der Waals surface area contributed by atoms with Crippen molar-refractivity contribution in [1.29, 1.82) is 0 Å².